The quantitative estimate of drug-likeness (QED) is 0.834. The molecule has 1 aromatic rings. The first kappa shape index (κ1) is 11.1. The second-order valence-electron chi connectivity index (χ2n) is 4.81. The van der Waals surface area contributed by atoms with Gasteiger partial charge < -0.3 is 10.6 Å². The van der Waals surface area contributed by atoms with Gasteiger partial charge in [-0.1, -0.05) is 29.8 Å². The van der Waals surface area contributed by atoms with E-state index < -0.39 is 5.54 Å². The molecule has 1 saturated carbocycles. The van der Waals surface area contributed by atoms with Crippen LogP contribution in [0.3, 0.4) is 0 Å². The summed E-state index contributed by atoms with van der Waals surface area (Å²) in [6.45, 7) is 2.69. The first-order chi connectivity index (χ1) is 7.51. The van der Waals surface area contributed by atoms with Gasteiger partial charge in [0, 0.05) is 13.6 Å². The van der Waals surface area contributed by atoms with Crippen molar-refractivity contribution in [1.82, 2.24) is 4.90 Å². The molecule has 86 valence electrons. The fourth-order valence-electron chi connectivity index (χ4n) is 1.88. The van der Waals surface area contributed by atoms with Crippen molar-refractivity contribution in [2.24, 2.45) is 5.73 Å². The molecule has 16 heavy (non-hydrogen) atoms. The first-order valence-electron chi connectivity index (χ1n) is 5.61. The Morgan fingerprint density at radius 1 is 1.50 bits per heavy atom. The second kappa shape index (κ2) is 3.91. The average Bonchev–Trinajstić information content (AvgIpc) is 2.96. The number of aryl methyl sites for hydroxylation is 1. The third kappa shape index (κ3) is 2.25. The number of nitrogens with two attached hydrogens (primary N) is 1. The molecule has 0 unspecified atom stereocenters. The standard InChI is InChI=1S/C13H18N2O/c1-10-4-3-5-11(8-10)9-15(2)12(16)13(14)6-7-13/h3-5,8H,6-7,9,14H2,1-2H3. The van der Waals surface area contributed by atoms with Crippen molar-refractivity contribution in [3.63, 3.8) is 0 Å². The van der Waals surface area contributed by atoms with Gasteiger partial charge in [0.2, 0.25) is 5.91 Å². The molecule has 1 aromatic carbocycles. The van der Waals surface area contributed by atoms with Crippen molar-refractivity contribution < 1.29 is 4.79 Å². The van der Waals surface area contributed by atoms with Crippen LogP contribution in [0.25, 0.3) is 0 Å². The van der Waals surface area contributed by atoms with Crippen molar-refractivity contribution in [2.75, 3.05) is 7.05 Å². The minimum atomic E-state index is -0.557. The van der Waals surface area contributed by atoms with E-state index in [1.807, 2.05) is 19.2 Å². The van der Waals surface area contributed by atoms with Crippen LogP contribution >= 0.6 is 0 Å². The first-order valence-corrected chi connectivity index (χ1v) is 5.61. The fourth-order valence-corrected chi connectivity index (χ4v) is 1.88. The summed E-state index contributed by atoms with van der Waals surface area (Å²) >= 11 is 0. The van der Waals surface area contributed by atoms with Gasteiger partial charge in [-0.3, -0.25) is 4.79 Å². The minimum absolute atomic E-state index is 0.0639. The van der Waals surface area contributed by atoms with Gasteiger partial charge in [-0.25, -0.2) is 0 Å². The van der Waals surface area contributed by atoms with Gasteiger partial charge in [-0.15, -0.1) is 0 Å². The fraction of sp³-hybridized carbons (Fsp3) is 0.462. The van der Waals surface area contributed by atoms with E-state index in [0.717, 1.165) is 18.4 Å². The number of hydrogen-bond donors (Lipinski definition) is 1. The molecule has 2 N–H and O–H groups in total. The molecule has 2 rings (SSSR count). The molecule has 3 heteroatoms. The van der Waals surface area contributed by atoms with Gasteiger partial charge in [0.25, 0.3) is 0 Å². The second-order valence-corrected chi connectivity index (χ2v) is 4.81. The lowest BCUT2D eigenvalue weighted by atomic mass is 10.1. The Kier molecular flexibility index (Phi) is 2.72. The Morgan fingerprint density at radius 2 is 2.19 bits per heavy atom. The Hall–Kier alpha value is -1.35. The summed E-state index contributed by atoms with van der Waals surface area (Å²) in [6.07, 6.45) is 1.65. The van der Waals surface area contributed by atoms with Gasteiger partial charge >= 0.3 is 0 Å². The SMILES string of the molecule is Cc1cccc(CN(C)C(=O)C2(N)CC2)c1. The molecule has 0 saturated heterocycles. The molecule has 1 amide bonds. The molecule has 0 spiro atoms. The van der Waals surface area contributed by atoms with Crippen LogP contribution in [-0.4, -0.2) is 23.4 Å². The zero-order chi connectivity index (χ0) is 11.8. The zero-order valence-corrected chi connectivity index (χ0v) is 9.86. The molecule has 1 aliphatic rings. The molecule has 0 bridgehead atoms. The average molecular weight is 218 g/mol. The number of amides is 1. The molecule has 3 nitrogen and oxygen atoms in total. The normalized spacial score (nSPS) is 16.9. The molecule has 1 fully saturated rings. The number of nitrogens with zero attached hydrogens (tertiary/aromatic N) is 1. The largest absolute Gasteiger partial charge is 0.340 e. The molecular formula is C13H18N2O. The maximum atomic E-state index is 11.9. The summed E-state index contributed by atoms with van der Waals surface area (Å²) in [4.78, 5) is 13.6. The number of benzene rings is 1. The van der Waals surface area contributed by atoms with Gasteiger partial charge in [0.1, 0.15) is 0 Å². The summed E-state index contributed by atoms with van der Waals surface area (Å²) in [5.41, 5.74) is 7.69. The molecule has 0 aromatic heterocycles. The van der Waals surface area contributed by atoms with E-state index >= 15 is 0 Å². The minimum Gasteiger partial charge on any atom is -0.340 e. The molecule has 0 aliphatic heterocycles. The molecule has 0 radical (unpaired) electrons. The topological polar surface area (TPSA) is 46.3 Å². The van der Waals surface area contributed by atoms with Crippen molar-refractivity contribution in [1.29, 1.82) is 0 Å². The maximum absolute atomic E-state index is 11.9. The van der Waals surface area contributed by atoms with E-state index in [-0.39, 0.29) is 5.91 Å². The number of carbonyl (C=O) groups is 1. The molecular weight excluding hydrogens is 200 g/mol. The van der Waals surface area contributed by atoms with E-state index in [1.165, 1.54) is 5.56 Å². The van der Waals surface area contributed by atoms with E-state index in [4.69, 9.17) is 5.73 Å². The Morgan fingerprint density at radius 3 is 2.75 bits per heavy atom. The highest BCUT2D eigenvalue weighted by molar-refractivity contribution is 5.88. The van der Waals surface area contributed by atoms with Gasteiger partial charge in [0.05, 0.1) is 5.54 Å². The van der Waals surface area contributed by atoms with Crippen LogP contribution in [0.1, 0.15) is 24.0 Å². The molecule has 0 atom stereocenters. The number of likely N-dealkylation sites (N-methyl/N-ethyl adjacent to an activating group) is 1. The third-order valence-corrected chi connectivity index (χ3v) is 3.06. The van der Waals surface area contributed by atoms with Crippen LogP contribution in [0, 0.1) is 6.92 Å². The Balaban J connectivity index is 2.02. The lowest BCUT2D eigenvalue weighted by molar-refractivity contribution is -0.132. The predicted molar refractivity (Wildman–Crippen MR) is 63.8 cm³/mol. The number of hydrogen-bond acceptors (Lipinski definition) is 2. The summed E-state index contributed by atoms with van der Waals surface area (Å²) in [7, 11) is 1.82. The van der Waals surface area contributed by atoms with Gasteiger partial charge in [0.15, 0.2) is 0 Å². The van der Waals surface area contributed by atoms with E-state index in [0.29, 0.717) is 6.54 Å². The van der Waals surface area contributed by atoms with Crippen LogP contribution in [0.15, 0.2) is 24.3 Å². The molecule has 1 aliphatic carbocycles. The summed E-state index contributed by atoms with van der Waals surface area (Å²) in [6, 6.07) is 8.20. The Bertz CT molecular complexity index is 410. The smallest absolute Gasteiger partial charge is 0.242 e. The van der Waals surface area contributed by atoms with E-state index in [9.17, 15) is 4.79 Å². The van der Waals surface area contributed by atoms with Crippen molar-refractivity contribution in [3.05, 3.63) is 35.4 Å². The summed E-state index contributed by atoms with van der Waals surface area (Å²) in [5, 5.41) is 0. The summed E-state index contributed by atoms with van der Waals surface area (Å²) in [5.74, 6) is 0.0639. The van der Waals surface area contributed by atoms with E-state index in [1.54, 1.807) is 4.90 Å². The monoisotopic (exact) mass is 218 g/mol. The third-order valence-electron chi connectivity index (χ3n) is 3.06. The van der Waals surface area contributed by atoms with Crippen LogP contribution in [0.2, 0.25) is 0 Å². The van der Waals surface area contributed by atoms with Gasteiger partial charge in [-0.2, -0.15) is 0 Å². The highest BCUT2D eigenvalue weighted by atomic mass is 16.2. The highest BCUT2D eigenvalue weighted by Crippen LogP contribution is 2.34. The van der Waals surface area contributed by atoms with Crippen molar-refractivity contribution in [2.45, 2.75) is 31.8 Å². The van der Waals surface area contributed by atoms with Crippen LogP contribution in [0.5, 0.6) is 0 Å². The van der Waals surface area contributed by atoms with Crippen LogP contribution in [-0.2, 0) is 11.3 Å². The highest BCUT2D eigenvalue weighted by Gasteiger charge is 2.47. The lowest BCUT2D eigenvalue weighted by Crippen LogP contribution is -2.43. The summed E-state index contributed by atoms with van der Waals surface area (Å²) < 4.78 is 0. The predicted octanol–water partition coefficient (Wildman–Crippen LogP) is 1.44. The zero-order valence-electron chi connectivity index (χ0n) is 9.86. The van der Waals surface area contributed by atoms with Gasteiger partial charge in [-0.05, 0) is 25.3 Å². The molecule has 0 heterocycles. The maximum Gasteiger partial charge on any atom is 0.242 e. The van der Waals surface area contributed by atoms with Crippen molar-refractivity contribution in [3.8, 4) is 0 Å². The number of rotatable bonds is 3. The Labute approximate surface area is 96.2 Å². The number of carbonyl (C=O) groups excluding carboxylic acids is 1. The lowest BCUT2D eigenvalue weighted by Gasteiger charge is -2.21. The van der Waals surface area contributed by atoms with E-state index in [2.05, 4.69) is 19.1 Å². The van der Waals surface area contributed by atoms with Crippen LogP contribution in [0.4, 0.5) is 0 Å². The van der Waals surface area contributed by atoms with Crippen molar-refractivity contribution >= 4 is 5.91 Å². The van der Waals surface area contributed by atoms with Crippen LogP contribution < -0.4 is 5.73 Å².